The Morgan fingerprint density at radius 3 is 1.46 bits per heavy atom. The van der Waals surface area contributed by atoms with Crippen LogP contribution in [0.4, 0.5) is 9.59 Å². The van der Waals surface area contributed by atoms with Gasteiger partial charge in [-0.3, -0.25) is 64.3 Å². The van der Waals surface area contributed by atoms with Gasteiger partial charge in [0.1, 0.15) is 60.6 Å². The number of H-pyrrole nitrogens is 3. The van der Waals surface area contributed by atoms with Crippen LogP contribution in [-0.2, 0) is 14.4 Å². The van der Waals surface area contributed by atoms with Gasteiger partial charge in [-0.1, -0.05) is 100 Å². The van der Waals surface area contributed by atoms with Crippen molar-refractivity contribution < 1.29 is 50.9 Å². The number of imide groups is 2. The third-order valence-corrected chi connectivity index (χ3v) is 14.6. The first-order valence-corrected chi connectivity index (χ1v) is 41.2. The van der Waals surface area contributed by atoms with E-state index in [1.54, 1.807) is 114 Å². The highest BCUT2D eigenvalue weighted by atomic mass is 32.2. The number of amides is 6. The van der Waals surface area contributed by atoms with Crippen molar-refractivity contribution in [2.45, 2.75) is 96.3 Å². The highest BCUT2D eigenvalue weighted by Gasteiger charge is 2.17. The van der Waals surface area contributed by atoms with Gasteiger partial charge < -0.3 is 33.0 Å². The summed E-state index contributed by atoms with van der Waals surface area (Å²) in [6.45, 7) is 3.46. The number of oxazole rings is 1. The molecule has 6 amide bonds. The van der Waals surface area contributed by atoms with Gasteiger partial charge >= 0.3 is 17.5 Å². The molecular weight excluding hydrogens is 1700 g/mol. The van der Waals surface area contributed by atoms with Gasteiger partial charge in [0.15, 0.2) is 12.7 Å². The lowest BCUT2D eigenvalue weighted by atomic mass is 10.4. The summed E-state index contributed by atoms with van der Waals surface area (Å²) in [5.74, 6) is -0.469. The van der Waals surface area contributed by atoms with Crippen molar-refractivity contribution in [2.75, 3.05) is 38.5 Å². The summed E-state index contributed by atoms with van der Waals surface area (Å²) in [4.78, 5) is 104. The summed E-state index contributed by atoms with van der Waals surface area (Å²) >= 11 is 8.27. The van der Waals surface area contributed by atoms with Crippen LogP contribution < -0.4 is 32.7 Å². The fourth-order valence-corrected chi connectivity index (χ4v) is 8.59. The Kier molecular flexibility index (Phi) is 78.8. The van der Waals surface area contributed by atoms with Gasteiger partial charge in [0.2, 0.25) is 36.9 Å². The predicted molar refractivity (Wildman–Crippen MR) is 462 cm³/mol. The minimum atomic E-state index is -0.519. The number of carbonyl (C=O) groups is 5. The molecule has 0 bridgehead atoms. The lowest BCUT2D eigenvalue weighted by Gasteiger charge is -1.80. The second kappa shape index (κ2) is 90.8. The topological polar surface area (TPSA) is 625 Å². The molecule has 23 rings (SSSR count). The molecule has 0 spiro atoms. The van der Waals surface area contributed by atoms with E-state index in [4.69, 9.17) is 0 Å². The first-order valence-electron chi connectivity index (χ1n) is 35.8. The molecule has 52 heteroatoms. The largest absolute Gasteiger partial charge is 0.452 e. The second-order valence-corrected chi connectivity index (χ2v) is 24.9. The Bertz CT molecular complexity index is 3570. The molecule has 7 N–H and O–H groups in total. The van der Waals surface area contributed by atoms with Crippen LogP contribution in [0.15, 0.2) is 295 Å². The summed E-state index contributed by atoms with van der Waals surface area (Å²) in [6.07, 6.45) is 74.9. The molecule has 0 unspecified atom stereocenters. The van der Waals surface area contributed by atoms with Crippen molar-refractivity contribution >= 4 is 135 Å². The number of carbonyl (C=O) groups excluding carboxylic acids is 5. The van der Waals surface area contributed by atoms with Crippen molar-refractivity contribution in [1.29, 1.82) is 0 Å². The van der Waals surface area contributed by atoms with Gasteiger partial charge in [0, 0.05) is 103 Å². The third kappa shape index (κ3) is 88.2. The van der Waals surface area contributed by atoms with Gasteiger partial charge in [-0.05, 0) is 104 Å². The number of azo groups is 1. The molecule has 8 aliphatic heterocycles. The number of rotatable bonds is 0. The molecule has 122 heavy (non-hydrogen) atoms. The zero-order valence-electron chi connectivity index (χ0n) is 65.5. The molecule has 0 atom stereocenters. The zero-order valence-corrected chi connectivity index (χ0v) is 70.4. The molecule has 3 saturated heterocycles. The fraction of sp³-hybridized carbons (Fsp3) is 0.300. The Balaban J connectivity index is 0.000000638. The maximum Gasteiger partial charge on any atom is 0.438 e. The SMILES string of the molecule is C1=CCCC1.C1=CCCC1.C1=CCN=C1.C1=CN=CC1.C1=CN=NC1.C1=NC=NC1.C1=NN=CC1.C1CCCC1.O=C1CCCN1.O=C1CNC(=O)N1.O=C1CSC(=O)N1.O=c1[nH]cn[nH]1.O=c1[nH]cno1.c1cnoc1.c1cnsc1.c1cocn1.c1conn1.c1cscn1.c1csnn1.c1ncon1.c1ncsn1.c1nnco1.c1nncs1. The van der Waals surface area contributed by atoms with Crippen molar-refractivity contribution in [3.8, 4) is 0 Å². The zero-order chi connectivity index (χ0) is 87.4. The van der Waals surface area contributed by atoms with Gasteiger partial charge in [-0.15, -0.1) is 53.3 Å². The number of thioether (sulfide) groups is 1. The van der Waals surface area contributed by atoms with Crippen molar-refractivity contribution in [2.24, 2.45) is 40.4 Å². The second-order valence-electron chi connectivity index (χ2n) is 20.6. The van der Waals surface area contributed by atoms with E-state index in [-0.39, 0.29) is 35.2 Å². The number of thiazole rings is 1. The first-order chi connectivity index (χ1) is 60.3. The molecule has 3 aliphatic carbocycles. The van der Waals surface area contributed by atoms with Crippen LogP contribution in [-0.4, -0.2) is 210 Å². The summed E-state index contributed by atoms with van der Waals surface area (Å²) in [6, 6.07) is 3.23. The molecular formula is C70H91N33O13S6. The van der Waals surface area contributed by atoms with Gasteiger partial charge in [0.05, 0.1) is 62.2 Å². The Hall–Kier alpha value is -14.1. The van der Waals surface area contributed by atoms with Crippen LogP contribution in [0.5, 0.6) is 0 Å². The first kappa shape index (κ1) is 106. The van der Waals surface area contributed by atoms with E-state index in [1.807, 2.05) is 58.0 Å². The Morgan fingerprint density at radius 1 is 0.475 bits per heavy atom. The van der Waals surface area contributed by atoms with E-state index in [0.717, 1.165) is 63.6 Å². The molecule has 4 fully saturated rings. The molecule has 12 aromatic rings. The van der Waals surface area contributed by atoms with Crippen LogP contribution in [0, 0.1) is 0 Å². The minimum Gasteiger partial charge on any atom is -0.452 e. The van der Waals surface area contributed by atoms with Gasteiger partial charge in [-0.25, -0.2) is 43.8 Å². The fourth-order valence-electron chi connectivity index (χ4n) is 6.55. The minimum absolute atomic E-state index is 0.124. The van der Waals surface area contributed by atoms with Gasteiger partial charge in [0.25, 0.3) is 5.24 Å². The van der Waals surface area contributed by atoms with Crippen LogP contribution >= 0.6 is 69.0 Å². The van der Waals surface area contributed by atoms with E-state index in [9.17, 15) is 33.6 Å². The molecule has 1 saturated carbocycles. The average Bonchev–Trinajstić information content (AvgIpc) is 1.84. The Labute approximate surface area is 722 Å². The van der Waals surface area contributed by atoms with Crippen LogP contribution in [0.25, 0.3) is 0 Å². The number of nitrogens with zero attached hydrogens (tertiary/aromatic N) is 26. The number of allylic oxidation sites excluding steroid dienone is 6. The molecule has 20 heterocycles. The number of urea groups is 1. The quantitative estimate of drug-likeness (QED) is 0.0547. The number of nitrogens with one attached hydrogen (secondary N) is 7. The van der Waals surface area contributed by atoms with Crippen LogP contribution in [0.2, 0.25) is 0 Å². The molecule has 11 aliphatic rings. The highest BCUT2D eigenvalue weighted by Crippen LogP contribution is 2.15. The van der Waals surface area contributed by atoms with Crippen LogP contribution in [0.3, 0.4) is 0 Å². The number of aromatic nitrogens is 21. The van der Waals surface area contributed by atoms with Gasteiger partial charge in [-0.2, -0.15) is 29.9 Å². The summed E-state index contributed by atoms with van der Waals surface area (Å²) in [5.41, 5.74) is 6.56. The monoisotopic (exact) mass is 1790 g/mol. The maximum atomic E-state index is 10.1. The van der Waals surface area contributed by atoms with E-state index in [0.29, 0.717) is 5.75 Å². The molecule has 12 aromatic heterocycles. The van der Waals surface area contributed by atoms with E-state index in [1.165, 1.54) is 192 Å². The lowest BCUT2D eigenvalue weighted by Crippen LogP contribution is -2.22. The summed E-state index contributed by atoms with van der Waals surface area (Å²) < 4.78 is 36.5. The molecule has 650 valence electrons. The summed E-state index contributed by atoms with van der Waals surface area (Å²) in [7, 11) is 0. The number of aromatic amines is 3. The predicted octanol–water partition coefficient (Wildman–Crippen LogP) is 11.1. The average molecular weight is 1800 g/mol. The van der Waals surface area contributed by atoms with E-state index in [2.05, 4.69) is 212 Å². The molecule has 0 radical (unpaired) electrons. The number of hydrogen-bond acceptors (Lipinski definition) is 45. The Morgan fingerprint density at radius 2 is 1.28 bits per heavy atom. The standard InChI is InChI=1S/C5H10.2C5H8.C4H7NO.2C4H5N.C3H4N2O2.3C3H4N2.C3H3NO2S.2C3H3NO.2C3H3NS.C2H3N3O.C2H2N2O2.3C2H2N2O.3C2H2N2S/c3*1-2-4-5-3-1;6-4-2-1-3-5-4;2*1-2-4-5-3-1;6-2-1-4-3(7)5-2;1-2-5-3-4-1;2*1-2-4-5-3-1;5-2-1-7-3(6)4-2;1-2-5-3-4-1;1-2-4-5-3-1;1-2-5-3-4-1;1-2-4-5-3-1;6-2-3-1-4-5-2;5-2-3-1-4-6-2;1-3-4-2-5-1;1-3-2-5-4-1;1-2-5-4-3-1;1-3-4-2-5-1;1-3-2-5-4-1;1-2-5-4-3-1/h1-5H2;2*1-2H,3-5H2;1-3H2,(H,5,6);1,3-4H,2H2;1-3H,4H2;1H2,(H2,4,5,6,7);1,3H,2H2;2-3H,1H2;1-2H,3H2;1H2,(H,4,5,6);4*1-3H;1H,(H2,3,4,5,6);1H,(H,3,4,5);6*1-2H. The smallest absolute Gasteiger partial charge is 0.438 e. The van der Waals surface area contributed by atoms with Crippen molar-refractivity contribution in [3.63, 3.8) is 0 Å². The third-order valence-electron chi connectivity index (χ3n) is 11.5. The number of aliphatic imine (C=N–C) groups is 4. The van der Waals surface area contributed by atoms with E-state index < -0.39 is 11.8 Å². The van der Waals surface area contributed by atoms with Crippen molar-refractivity contribution in [3.05, 3.63) is 239 Å². The van der Waals surface area contributed by atoms with Crippen molar-refractivity contribution in [1.82, 2.24) is 126 Å². The number of hydrogen-bond donors (Lipinski definition) is 7. The lowest BCUT2D eigenvalue weighted by molar-refractivity contribution is -0.119. The molecule has 0 aromatic carbocycles. The molecule has 46 nitrogen and oxygen atoms in total. The van der Waals surface area contributed by atoms with Crippen LogP contribution in [0.1, 0.15) is 96.3 Å². The normalized spacial score (nSPS) is 13.7. The van der Waals surface area contributed by atoms with E-state index >= 15 is 0 Å². The maximum absolute atomic E-state index is 10.1. The highest BCUT2D eigenvalue weighted by molar-refractivity contribution is 8.14. The summed E-state index contributed by atoms with van der Waals surface area (Å²) in [5, 5.41) is 67.3.